The van der Waals surface area contributed by atoms with Crippen LogP contribution >= 0.6 is 0 Å². The number of hydrogen-bond donors (Lipinski definition) is 0. The predicted octanol–water partition coefficient (Wildman–Crippen LogP) is 1.70. The summed E-state index contributed by atoms with van der Waals surface area (Å²) >= 11 is 0. The summed E-state index contributed by atoms with van der Waals surface area (Å²) in [5.41, 5.74) is 0.947. The Balaban J connectivity index is 2.63. The Labute approximate surface area is 73.9 Å². The molecule has 0 fully saturated rings. The topological polar surface area (TPSA) is 34.1 Å². The summed E-state index contributed by atoms with van der Waals surface area (Å²) in [4.78, 5) is 0. The predicted molar refractivity (Wildman–Crippen MR) is 50.8 cm³/mol. The summed E-state index contributed by atoms with van der Waals surface area (Å²) in [5.74, 6) is 0.443. The van der Waals surface area contributed by atoms with Gasteiger partial charge in [0.25, 0.3) is 0 Å². The first-order valence-electron chi connectivity index (χ1n) is 4.20. The van der Waals surface area contributed by atoms with Crippen molar-refractivity contribution in [1.82, 2.24) is 0 Å². The third-order valence-electron chi connectivity index (χ3n) is 1.90. The molecule has 0 unspecified atom stereocenters. The molecule has 0 aliphatic heterocycles. The van der Waals surface area contributed by atoms with Gasteiger partial charge in [0.15, 0.2) is 9.84 Å². The van der Waals surface area contributed by atoms with E-state index in [0.717, 1.165) is 18.4 Å². The van der Waals surface area contributed by atoms with Gasteiger partial charge in [-0.2, -0.15) is 0 Å². The van der Waals surface area contributed by atoms with E-state index in [9.17, 15) is 8.42 Å². The van der Waals surface area contributed by atoms with Crippen molar-refractivity contribution in [2.24, 2.45) is 0 Å². The second-order valence-electron chi connectivity index (χ2n) is 2.94. The Hall–Kier alpha value is -0.570. The van der Waals surface area contributed by atoms with Crippen LogP contribution in [-0.4, -0.2) is 19.9 Å². The molecule has 0 saturated carbocycles. The Kier molecular flexibility index (Phi) is 3.09. The molecular formula is C9H14O2S. The molecule has 0 bridgehead atoms. The second-order valence-corrected chi connectivity index (χ2v) is 5.29. The fraction of sp³-hybridized carbons (Fsp3) is 0.556. The summed E-state index contributed by atoms with van der Waals surface area (Å²) in [6, 6.07) is 0. The molecule has 0 N–H and O–H groups in total. The van der Waals surface area contributed by atoms with Crippen molar-refractivity contribution in [1.29, 1.82) is 0 Å². The molecule has 0 aromatic heterocycles. The van der Waals surface area contributed by atoms with Crippen LogP contribution in [0, 0.1) is 0 Å². The van der Waals surface area contributed by atoms with Crippen molar-refractivity contribution < 1.29 is 8.42 Å². The molecule has 1 aliphatic rings. The zero-order valence-electron chi connectivity index (χ0n) is 7.29. The van der Waals surface area contributed by atoms with Crippen molar-refractivity contribution in [3.05, 3.63) is 23.8 Å². The third kappa shape index (κ3) is 2.81. The number of rotatable bonds is 3. The second kappa shape index (κ2) is 3.90. The highest BCUT2D eigenvalue weighted by Gasteiger charge is 2.09. The molecule has 1 aliphatic carbocycles. The fourth-order valence-electron chi connectivity index (χ4n) is 1.13. The lowest BCUT2D eigenvalue weighted by molar-refractivity contribution is 0.599. The average Bonchev–Trinajstić information content (AvgIpc) is 2.06. The van der Waals surface area contributed by atoms with Crippen molar-refractivity contribution in [2.75, 3.05) is 11.5 Å². The van der Waals surface area contributed by atoms with E-state index in [1.165, 1.54) is 0 Å². The largest absolute Gasteiger partial charge is 0.229 e. The van der Waals surface area contributed by atoms with Gasteiger partial charge in [0.1, 0.15) is 0 Å². The van der Waals surface area contributed by atoms with E-state index in [0.29, 0.717) is 0 Å². The molecule has 0 heterocycles. The Morgan fingerprint density at radius 1 is 1.42 bits per heavy atom. The Morgan fingerprint density at radius 3 is 2.67 bits per heavy atom. The van der Waals surface area contributed by atoms with Crippen LogP contribution in [0.5, 0.6) is 0 Å². The van der Waals surface area contributed by atoms with Gasteiger partial charge in [-0.25, -0.2) is 8.42 Å². The molecule has 3 heteroatoms. The molecule has 0 saturated heterocycles. The minimum absolute atomic E-state index is 0.208. The molecule has 2 nitrogen and oxygen atoms in total. The number of allylic oxidation sites excluding steroid dienone is 3. The van der Waals surface area contributed by atoms with Crippen LogP contribution in [0.2, 0.25) is 0 Å². The molecule has 1 rings (SSSR count). The van der Waals surface area contributed by atoms with E-state index in [1.54, 1.807) is 6.92 Å². The van der Waals surface area contributed by atoms with Gasteiger partial charge in [0.05, 0.1) is 5.75 Å². The molecule has 0 aromatic rings. The van der Waals surface area contributed by atoms with Crippen molar-refractivity contribution in [2.45, 2.75) is 19.8 Å². The Bertz CT molecular complexity index is 296. The molecule has 68 valence electrons. The lowest BCUT2D eigenvalue weighted by atomic mass is 10.1. The highest BCUT2D eigenvalue weighted by atomic mass is 32.2. The first-order chi connectivity index (χ1) is 5.64. The summed E-state index contributed by atoms with van der Waals surface area (Å²) in [6.07, 6.45) is 7.96. The molecule has 0 radical (unpaired) electrons. The van der Waals surface area contributed by atoms with Gasteiger partial charge in [0.2, 0.25) is 0 Å². The summed E-state index contributed by atoms with van der Waals surface area (Å²) in [6.45, 7) is 1.68. The van der Waals surface area contributed by atoms with Crippen LogP contribution in [0.25, 0.3) is 0 Å². The van der Waals surface area contributed by atoms with E-state index < -0.39 is 9.84 Å². The minimum Gasteiger partial charge on any atom is -0.229 e. The first kappa shape index (κ1) is 9.52. The molecule has 0 spiro atoms. The van der Waals surface area contributed by atoms with E-state index in [4.69, 9.17) is 0 Å². The van der Waals surface area contributed by atoms with Crippen LogP contribution in [0.3, 0.4) is 0 Å². The quantitative estimate of drug-likeness (QED) is 0.672. The standard InChI is InChI=1S/C9H14O2S/c1-2-12(10,11)8-9-6-4-3-5-7-9/h4,6-7H,2-3,5,8H2,1H3. The molecular weight excluding hydrogens is 172 g/mol. The number of sulfone groups is 1. The van der Waals surface area contributed by atoms with Gasteiger partial charge in [0, 0.05) is 5.75 Å². The van der Waals surface area contributed by atoms with E-state index in [1.807, 2.05) is 18.2 Å². The minimum atomic E-state index is -2.84. The normalized spacial score (nSPS) is 17.6. The monoisotopic (exact) mass is 186 g/mol. The van der Waals surface area contributed by atoms with Gasteiger partial charge in [-0.3, -0.25) is 0 Å². The van der Waals surface area contributed by atoms with Gasteiger partial charge < -0.3 is 0 Å². The zero-order chi connectivity index (χ0) is 9.03. The smallest absolute Gasteiger partial charge is 0.154 e. The van der Waals surface area contributed by atoms with Crippen molar-refractivity contribution in [3.63, 3.8) is 0 Å². The van der Waals surface area contributed by atoms with E-state index in [2.05, 4.69) is 0 Å². The van der Waals surface area contributed by atoms with Gasteiger partial charge in [-0.05, 0) is 18.4 Å². The highest BCUT2D eigenvalue weighted by molar-refractivity contribution is 7.91. The van der Waals surface area contributed by atoms with Gasteiger partial charge in [-0.15, -0.1) is 0 Å². The first-order valence-corrected chi connectivity index (χ1v) is 6.02. The molecule has 12 heavy (non-hydrogen) atoms. The molecule has 0 atom stereocenters. The lowest BCUT2D eigenvalue weighted by Crippen LogP contribution is -2.10. The SMILES string of the molecule is CCS(=O)(=O)CC1=CCCC=C1. The molecule has 0 amide bonds. The molecule has 0 aromatic carbocycles. The van der Waals surface area contributed by atoms with Crippen LogP contribution in [-0.2, 0) is 9.84 Å². The summed E-state index contributed by atoms with van der Waals surface area (Å²) in [7, 11) is -2.84. The maximum atomic E-state index is 11.2. The highest BCUT2D eigenvalue weighted by Crippen LogP contribution is 2.11. The van der Waals surface area contributed by atoms with Crippen LogP contribution in [0.15, 0.2) is 23.8 Å². The Morgan fingerprint density at radius 2 is 2.17 bits per heavy atom. The summed E-state index contributed by atoms with van der Waals surface area (Å²) < 4.78 is 22.4. The van der Waals surface area contributed by atoms with Crippen LogP contribution in [0.4, 0.5) is 0 Å². The van der Waals surface area contributed by atoms with E-state index in [-0.39, 0.29) is 11.5 Å². The van der Waals surface area contributed by atoms with Crippen molar-refractivity contribution in [3.8, 4) is 0 Å². The van der Waals surface area contributed by atoms with Gasteiger partial charge in [-0.1, -0.05) is 25.2 Å². The summed E-state index contributed by atoms with van der Waals surface area (Å²) in [5, 5.41) is 0. The van der Waals surface area contributed by atoms with Crippen LogP contribution in [0.1, 0.15) is 19.8 Å². The fourth-order valence-corrected chi connectivity index (χ4v) is 2.06. The maximum Gasteiger partial charge on any atom is 0.154 e. The average molecular weight is 186 g/mol. The zero-order valence-corrected chi connectivity index (χ0v) is 8.10. The van der Waals surface area contributed by atoms with Crippen LogP contribution < -0.4 is 0 Å². The maximum absolute atomic E-state index is 11.2. The van der Waals surface area contributed by atoms with Gasteiger partial charge >= 0.3 is 0 Å². The van der Waals surface area contributed by atoms with Crippen molar-refractivity contribution >= 4 is 9.84 Å². The number of hydrogen-bond acceptors (Lipinski definition) is 2. The van der Waals surface area contributed by atoms with E-state index >= 15 is 0 Å². The third-order valence-corrected chi connectivity index (χ3v) is 3.55. The lowest BCUT2D eigenvalue weighted by Gasteiger charge is -2.05.